The third-order valence-electron chi connectivity index (χ3n) is 4.02. The number of nitro groups is 1. The number of nitrogens with one attached hydrogen (secondary N) is 2. The molecule has 2 N–H and O–H groups in total. The highest BCUT2D eigenvalue weighted by atomic mass is 35.5. The molecule has 0 unspecified atom stereocenters. The lowest BCUT2D eigenvalue weighted by molar-refractivity contribution is -0.384. The summed E-state index contributed by atoms with van der Waals surface area (Å²) >= 11 is 0. The van der Waals surface area contributed by atoms with Crippen molar-refractivity contribution in [2.75, 3.05) is 32.6 Å². The fourth-order valence-electron chi connectivity index (χ4n) is 2.62. The number of benzene rings is 1. The third-order valence-corrected chi connectivity index (χ3v) is 4.02. The van der Waals surface area contributed by atoms with Crippen molar-refractivity contribution in [1.29, 1.82) is 0 Å². The largest absolute Gasteiger partial charge is 0.465 e. The molecule has 1 aromatic rings. The molecule has 1 saturated heterocycles. The van der Waals surface area contributed by atoms with E-state index >= 15 is 0 Å². The quantitative estimate of drug-likeness (QED) is 0.456. The first kappa shape index (κ1) is 20.8. The second-order valence-corrected chi connectivity index (χ2v) is 5.42. The average molecular weight is 374 g/mol. The van der Waals surface area contributed by atoms with Gasteiger partial charge < -0.3 is 20.1 Å². The second kappa shape index (κ2) is 8.75. The van der Waals surface area contributed by atoms with Gasteiger partial charge in [-0.05, 0) is 32.0 Å². The van der Waals surface area contributed by atoms with Gasteiger partial charge in [-0.25, -0.2) is 4.79 Å². The van der Waals surface area contributed by atoms with Crippen LogP contribution in [-0.4, -0.2) is 49.7 Å². The van der Waals surface area contributed by atoms with E-state index in [9.17, 15) is 19.7 Å². The molecule has 138 valence electrons. The minimum Gasteiger partial charge on any atom is -0.465 e. The molecule has 1 aromatic carbocycles. The molecule has 0 spiro atoms. The number of anilines is 1. The summed E-state index contributed by atoms with van der Waals surface area (Å²) in [5, 5.41) is 16.8. The van der Waals surface area contributed by atoms with Gasteiger partial charge in [0.25, 0.3) is 11.6 Å². The van der Waals surface area contributed by atoms with Gasteiger partial charge in [-0.2, -0.15) is 0 Å². The molecule has 25 heavy (non-hydrogen) atoms. The van der Waals surface area contributed by atoms with E-state index in [1.807, 2.05) is 0 Å². The first-order valence-corrected chi connectivity index (χ1v) is 7.37. The summed E-state index contributed by atoms with van der Waals surface area (Å²) in [6.07, 6.45) is 0.961. The van der Waals surface area contributed by atoms with Gasteiger partial charge in [0.1, 0.15) is 5.60 Å². The van der Waals surface area contributed by atoms with Crippen molar-refractivity contribution in [3.63, 3.8) is 0 Å². The minimum atomic E-state index is -0.999. The van der Waals surface area contributed by atoms with Crippen LogP contribution in [0.5, 0.6) is 0 Å². The van der Waals surface area contributed by atoms with E-state index in [2.05, 4.69) is 15.4 Å². The molecule has 0 atom stereocenters. The van der Waals surface area contributed by atoms with Crippen molar-refractivity contribution in [3.8, 4) is 0 Å². The number of carbonyl (C=O) groups excluding carboxylic acids is 2. The Morgan fingerprint density at radius 2 is 1.88 bits per heavy atom. The molecular weight excluding hydrogens is 354 g/mol. The van der Waals surface area contributed by atoms with Crippen molar-refractivity contribution >= 4 is 35.7 Å². The van der Waals surface area contributed by atoms with Crippen molar-refractivity contribution in [1.82, 2.24) is 5.32 Å². The number of esters is 1. The average Bonchev–Trinajstić information content (AvgIpc) is 2.61. The van der Waals surface area contributed by atoms with Crippen LogP contribution in [-0.2, 0) is 14.3 Å². The number of amides is 1. The molecule has 10 heteroatoms. The summed E-state index contributed by atoms with van der Waals surface area (Å²) in [6.45, 7) is 1.26. The second-order valence-electron chi connectivity index (χ2n) is 5.42. The van der Waals surface area contributed by atoms with E-state index in [4.69, 9.17) is 4.74 Å². The Bertz CT molecular complexity index is 661. The summed E-state index contributed by atoms with van der Waals surface area (Å²) in [7, 11) is 2.63. The van der Waals surface area contributed by atoms with Gasteiger partial charge in [-0.1, -0.05) is 0 Å². The molecule has 1 aliphatic rings. The Hall–Kier alpha value is -2.23. The Balaban J connectivity index is 0.00000312. The van der Waals surface area contributed by atoms with Crippen LogP contribution in [0.15, 0.2) is 18.2 Å². The fraction of sp³-hybridized carbons (Fsp3) is 0.467. The Morgan fingerprint density at radius 3 is 2.40 bits per heavy atom. The molecule has 1 aliphatic heterocycles. The first-order chi connectivity index (χ1) is 11.4. The minimum absolute atomic E-state index is 0. The monoisotopic (exact) mass is 373 g/mol. The number of nitrogens with zero attached hydrogens (tertiary/aromatic N) is 1. The van der Waals surface area contributed by atoms with Gasteiger partial charge in [0.15, 0.2) is 0 Å². The standard InChI is InChI=1S/C15H19N3O6.ClH/c1-23-13(19)10-7-11(9-12(8-10)18(21)22)17-14(20)15(24-2)3-5-16-6-4-15;/h7-9,16H,3-6H2,1-2H3,(H,17,20);1H. The molecule has 0 radical (unpaired) electrons. The number of carbonyl (C=O) groups is 2. The van der Waals surface area contributed by atoms with Gasteiger partial charge in [0.2, 0.25) is 0 Å². The van der Waals surface area contributed by atoms with Crippen molar-refractivity contribution in [2.45, 2.75) is 18.4 Å². The Labute approximate surface area is 150 Å². The van der Waals surface area contributed by atoms with Crippen LogP contribution in [0.4, 0.5) is 11.4 Å². The zero-order chi connectivity index (χ0) is 17.7. The van der Waals surface area contributed by atoms with Crippen molar-refractivity contribution in [3.05, 3.63) is 33.9 Å². The highest BCUT2D eigenvalue weighted by Crippen LogP contribution is 2.27. The fourth-order valence-corrected chi connectivity index (χ4v) is 2.62. The van der Waals surface area contributed by atoms with E-state index in [0.717, 1.165) is 6.07 Å². The number of non-ortho nitro benzene ring substituents is 1. The van der Waals surface area contributed by atoms with Gasteiger partial charge in [0.05, 0.1) is 17.6 Å². The van der Waals surface area contributed by atoms with Gasteiger partial charge in [-0.3, -0.25) is 14.9 Å². The molecule has 0 aromatic heterocycles. The molecule has 0 bridgehead atoms. The number of ether oxygens (including phenoxy) is 2. The topological polar surface area (TPSA) is 120 Å². The van der Waals surface area contributed by atoms with Crippen LogP contribution in [0.3, 0.4) is 0 Å². The molecule has 0 saturated carbocycles. The van der Waals surface area contributed by atoms with E-state index in [0.29, 0.717) is 25.9 Å². The molecule has 2 rings (SSSR count). The summed E-state index contributed by atoms with van der Waals surface area (Å²) in [4.78, 5) is 34.6. The summed E-state index contributed by atoms with van der Waals surface area (Å²) in [5.41, 5.74) is -1.19. The van der Waals surface area contributed by atoms with Crippen LogP contribution < -0.4 is 10.6 Å². The van der Waals surface area contributed by atoms with Crippen molar-refractivity contribution in [2.24, 2.45) is 0 Å². The molecular formula is C15H20ClN3O6. The number of halogens is 1. The summed E-state index contributed by atoms with van der Waals surface area (Å²) < 4.78 is 9.99. The SMILES string of the molecule is COC(=O)c1cc(NC(=O)C2(OC)CCNCC2)cc([N+](=O)[O-])c1.Cl. The molecule has 9 nitrogen and oxygen atoms in total. The van der Waals surface area contributed by atoms with E-state index in [1.54, 1.807) is 0 Å². The normalized spacial score (nSPS) is 15.6. The Kier molecular flexibility index (Phi) is 7.28. The van der Waals surface area contributed by atoms with Crippen LogP contribution in [0.2, 0.25) is 0 Å². The lowest BCUT2D eigenvalue weighted by Gasteiger charge is -2.34. The van der Waals surface area contributed by atoms with Crippen LogP contribution in [0.1, 0.15) is 23.2 Å². The number of piperidine rings is 1. The molecule has 1 heterocycles. The predicted molar refractivity (Wildman–Crippen MR) is 92.2 cm³/mol. The number of nitro benzene ring substituents is 1. The first-order valence-electron chi connectivity index (χ1n) is 7.37. The maximum absolute atomic E-state index is 12.6. The maximum Gasteiger partial charge on any atom is 0.338 e. The lowest BCUT2D eigenvalue weighted by atomic mass is 9.91. The van der Waals surface area contributed by atoms with Crippen LogP contribution in [0, 0.1) is 10.1 Å². The summed E-state index contributed by atoms with van der Waals surface area (Å²) in [6, 6.07) is 3.62. The van der Waals surface area contributed by atoms with Crippen molar-refractivity contribution < 1.29 is 24.0 Å². The number of rotatable bonds is 5. The van der Waals surface area contributed by atoms with E-state index in [-0.39, 0.29) is 29.3 Å². The molecule has 1 fully saturated rings. The number of methoxy groups -OCH3 is 2. The van der Waals surface area contributed by atoms with Crippen LogP contribution >= 0.6 is 12.4 Å². The zero-order valence-corrected chi connectivity index (χ0v) is 14.7. The Morgan fingerprint density at radius 1 is 1.24 bits per heavy atom. The zero-order valence-electron chi connectivity index (χ0n) is 13.9. The van der Waals surface area contributed by atoms with Gasteiger partial charge >= 0.3 is 5.97 Å². The number of hydrogen-bond acceptors (Lipinski definition) is 7. The smallest absolute Gasteiger partial charge is 0.338 e. The third kappa shape index (κ3) is 4.65. The molecule has 0 aliphatic carbocycles. The highest BCUT2D eigenvalue weighted by Gasteiger charge is 2.39. The molecule has 1 amide bonds. The predicted octanol–water partition coefficient (Wildman–Crippen LogP) is 1.51. The van der Waals surface area contributed by atoms with Gasteiger partial charge in [0, 0.05) is 24.9 Å². The van der Waals surface area contributed by atoms with Gasteiger partial charge in [-0.15, -0.1) is 12.4 Å². The maximum atomic E-state index is 12.6. The van der Waals surface area contributed by atoms with Crippen LogP contribution in [0.25, 0.3) is 0 Å². The number of hydrogen-bond donors (Lipinski definition) is 2. The highest BCUT2D eigenvalue weighted by molar-refractivity contribution is 5.99. The van der Waals surface area contributed by atoms with E-state index < -0.39 is 22.4 Å². The lowest BCUT2D eigenvalue weighted by Crippen LogP contribution is -2.51. The van der Waals surface area contributed by atoms with E-state index in [1.165, 1.54) is 26.4 Å². The summed E-state index contributed by atoms with van der Waals surface area (Å²) in [5.74, 6) is -1.12.